The van der Waals surface area contributed by atoms with Crippen LogP contribution in [0.25, 0.3) is 11.1 Å². The second-order valence-electron chi connectivity index (χ2n) is 8.04. The SMILES string of the molecule is Cc1cc(-c2ccccc2S(=O)(=O)NC(C)(C)C)ccc1C(=O)B1C=CC=C1. The third-order valence-electron chi connectivity index (χ3n) is 4.47. The van der Waals surface area contributed by atoms with Crippen molar-refractivity contribution in [3.05, 3.63) is 77.7 Å². The fourth-order valence-corrected chi connectivity index (χ4v) is 4.94. The summed E-state index contributed by atoms with van der Waals surface area (Å²) in [6.45, 7) is 7.08. The van der Waals surface area contributed by atoms with Gasteiger partial charge in [0.05, 0.1) is 4.90 Å². The minimum absolute atomic E-state index is 0.0457. The Labute approximate surface area is 167 Å². The van der Waals surface area contributed by atoms with Crippen LogP contribution < -0.4 is 4.72 Å². The smallest absolute Gasteiger partial charge is 0.280 e. The number of nitrogens with one attached hydrogen (secondary N) is 1. The van der Waals surface area contributed by atoms with Gasteiger partial charge >= 0.3 is 0 Å². The molecule has 0 fully saturated rings. The highest BCUT2D eigenvalue weighted by molar-refractivity contribution is 7.89. The van der Waals surface area contributed by atoms with E-state index in [4.69, 9.17) is 0 Å². The van der Waals surface area contributed by atoms with Crippen LogP contribution in [0, 0.1) is 6.92 Å². The Morgan fingerprint density at radius 1 is 1.00 bits per heavy atom. The van der Waals surface area contributed by atoms with Gasteiger partial charge in [0.2, 0.25) is 10.0 Å². The summed E-state index contributed by atoms with van der Waals surface area (Å²) in [5.74, 6) is 3.74. The van der Waals surface area contributed by atoms with Crippen molar-refractivity contribution >= 4 is 22.4 Å². The van der Waals surface area contributed by atoms with Crippen LogP contribution in [-0.4, -0.2) is 26.4 Å². The van der Waals surface area contributed by atoms with Gasteiger partial charge in [-0.05, 0) is 44.9 Å². The van der Waals surface area contributed by atoms with E-state index in [0.717, 1.165) is 11.1 Å². The van der Waals surface area contributed by atoms with Crippen LogP contribution in [0.5, 0.6) is 0 Å². The minimum Gasteiger partial charge on any atom is -0.305 e. The van der Waals surface area contributed by atoms with Crippen molar-refractivity contribution in [3.8, 4) is 11.1 Å². The minimum atomic E-state index is -3.68. The largest absolute Gasteiger partial charge is 0.305 e. The van der Waals surface area contributed by atoms with Gasteiger partial charge in [0.25, 0.3) is 6.71 Å². The van der Waals surface area contributed by atoms with Crippen molar-refractivity contribution < 1.29 is 13.2 Å². The van der Waals surface area contributed by atoms with E-state index in [9.17, 15) is 13.2 Å². The van der Waals surface area contributed by atoms with Gasteiger partial charge in [0.15, 0.2) is 0 Å². The van der Waals surface area contributed by atoms with Crippen LogP contribution in [0.1, 0.15) is 36.7 Å². The second kappa shape index (κ2) is 7.53. The third-order valence-corrected chi connectivity index (χ3v) is 6.29. The quantitative estimate of drug-likeness (QED) is 0.776. The molecule has 2 aromatic rings. The molecule has 6 heteroatoms. The van der Waals surface area contributed by atoms with Crippen molar-refractivity contribution in [2.45, 2.75) is 38.1 Å². The number of aryl methyl sites for hydroxylation is 1. The molecule has 3 rings (SSSR count). The molecule has 2 aromatic carbocycles. The van der Waals surface area contributed by atoms with Gasteiger partial charge in [0.1, 0.15) is 5.68 Å². The van der Waals surface area contributed by atoms with E-state index in [1.807, 2.05) is 70.0 Å². The normalized spacial score (nSPS) is 13.9. The highest BCUT2D eigenvalue weighted by atomic mass is 32.2. The molecule has 0 saturated heterocycles. The molecule has 0 unspecified atom stereocenters. The fourth-order valence-electron chi connectivity index (χ4n) is 3.29. The van der Waals surface area contributed by atoms with Crippen LogP contribution in [-0.2, 0) is 10.0 Å². The van der Waals surface area contributed by atoms with Crippen molar-refractivity contribution in [2.24, 2.45) is 0 Å². The zero-order valence-corrected chi connectivity index (χ0v) is 17.4. The highest BCUT2D eigenvalue weighted by Gasteiger charge is 2.26. The van der Waals surface area contributed by atoms with Gasteiger partial charge in [-0.1, -0.05) is 48.6 Å². The molecule has 0 aromatic heterocycles. The lowest BCUT2D eigenvalue weighted by atomic mass is 9.47. The first kappa shape index (κ1) is 20.3. The first-order valence-electron chi connectivity index (χ1n) is 9.22. The lowest BCUT2D eigenvalue weighted by Crippen LogP contribution is -2.40. The van der Waals surface area contributed by atoms with Crippen molar-refractivity contribution in [3.63, 3.8) is 0 Å². The van der Waals surface area contributed by atoms with Crippen molar-refractivity contribution in [2.75, 3.05) is 0 Å². The number of allylic oxidation sites excluding steroid dienone is 2. The zero-order valence-electron chi connectivity index (χ0n) is 16.6. The number of hydrogen-bond acceptors (Lipinski definition) is 3. The molecule has 4 nitrogen and oxygen atoms in total. The van der Waals surface area contributed by atoms with Crippen LogP contribution in [0.4, 0.5) is 0 Å². The Morgan fingerprint density at radius 2 is 1.64 bits per heavy atom. The third kappa shape index (κ3) is 4.34. The summed E-state index contributed by atoms with van der Waals surface area (Å²) in [6, 6.07) is 12.4. The van der Waals surface area contributed by atoms with Gasteiger partial charge in [-0.15, -0.1) is 12.0 Å². The van der Waals surface area contributed by atoms with Crippen LogP contribution in [0.15, 0.2) is 71.5 Å². The predicted octanol–water partition coefficient (Wildman–Crippen LogP) is 4.16. The average molecular weight is 393 g/mol. The molecule has 0 aliphatic carbocycles. The van der Waals surface area contributed by atoms with Gasteiger partial charge in [-0.3, -0.25) is 0 Å². The summed E-state index contributed by atoms with van der Waals surface area (Å²) < 4.78 is 28.5. The summed E-state index contributed by atoms with van der Waals surface area (Å²) in [5.41, 5.74) is 2.32. The van der Waals surface area contributed by atoms with Gasteiger partial charge in [-0.25, -0.2) is 13.1 Å². The molecule has 0 saturated carbocycles. The Balaban J connectivity index is 2.01. The number of hydrogen-bond donors (Lipinski definition) is 1. The monoisotopic (exact) mass is 393 g/mol. The summed E-state index contributed by atoms with van der Waals surface area (Å²) in [7, 11) is -3.68. The number of carbonyl (C=O) groups is 1. The number of carbonyl (C=O) groups excluding carboxylic acids is 1. The maximum absolute atomic E-state index is 12.9. The molecular formula is C22H24BNO3S. The van der Waals surface area contributed by atoms with Gasteiger partial charge in [-0.2, -0.15) is 0 Å². The molecule has 0 bridgehead atoms. The highest BCUT2D eigenvalue weighted by Crippen LogP contribution is 2.30. The van der Waals surface area contributed by atoms with E-state index in [-0.39, 0.29) is 17.3 Å². The standard InChI is InChI=1S/C22H24BNO3S/c1-16-15-17(11-12-18(16)21(25)23-13-7-8-14-23)19-9-5-6-10-20(19)28(26,27)24-22(2,3)4/h5-15,24H,1-4H3. The molecule has 144 valence electrons. The molecule has 0 radical (unpaired) electrons. The Hall–Kier alpha value is -2.44. The first-order chi connectivity index (χ1) is 13.1. The van der Waals surface area contributed by atoms with Crippen molar-refractivity contribution in [1.82, 2.24) is 4.72 Å². The van der Waals surface area contributed by atoms with E-state index >= 15 is 0 Å². The molecule has 28 heavy (non-hydrogen) atoms. The van der Waals surface area contributed by atoms with Gasteiger partial charge < -0.3 is 4.79 Å². The first-order valence-corrected chi connectivity index (χ1v) is 10.7. The average Bonchev–Trinajstić information content (AvgIpc) is 3.14. The number of sulfonamides is 1. The molecule has 0 atom stereocenters. The summed E-state index contributed by atoms with van der Waals surface area (Å²) in [4.78, 5) is 12.9. The number of benzene rings is 2. The topological polar surface area (TPSA) is 63.2 Å². The lowest BCUT2D eigenvalue weighted by molar-refractivity contribution is 0.107. The Bertz CT molecular complexity index is 1070. The molecule has 1 N–H and O–H groups in total. The summed E-state index contributed by atoms with van der Waals surface area (Å²) >= 11 is 0. The van der Waals surface area contributed by atoms with Crippen LogP contribution in [0.2, 0.25) is 0 Å². The second-order valence-corrected chi connectivity index (χ2v) is 9.69. The van der Waals surface area contributed by atoms with Crippen LogP contribution >= 0.6 is 0 Å². The predicted molar refractivity (Wildman–Crippen MR) is 115 cm³/mol. The Kier molecular flexibility index (Phi) is 5.46. The summed E-state index contributed by atoms with van der Waals surface area (Å²) in [6.07, 6.45) is 3.74. The van der Waals surface area contributed by atoms with E-state index in [1.54, 1.807) is 24.3 Å². The van der Waals surface area contributed by atoms with Gasteiger partial charge in [0, 0.05) is 16.7 Å². The van der Waals surface area contributed by atoms with E-state index < -0.39 is 15.6 Å². The maximum atomic E-state index is 12.9. The molecule has 0 amide bonds. The maximum Gasteiger partial charge on any atom is 0.280 e. The summed E-state index contributed by atoms with van der Waals surface area (Å²) in [5, 5.41) is 0. The van der Waals surface area contributed by atoms with E-state index in [2.05, 4.69) is 4.72 Å². The molecule has 1 heterocycles. The molecule has 1 aliphatic heterocycles. The lowest BCUT2D eigenvalue weighted by Gasteiger charge is -2.22. The zero-order chi connectivity index (χ0) is 20.5. The van der Waals surface area contributed by atoms with Crippen LogP contribution in [0.3, 0.4) is 0 Å². The molecule has 0 spiro atoms. The molecule has 1 aliphatic rings. The van der Waals surface area contributed by atoms with Crippen molar-refractivity contribution in [1.29, 1.82) is 0 Å². The molecular weight excluding hydrogens is 369 g/mol. The van der Waals surface area contributed by atoms with E-state index in [1.165, 1.54) is 0 Å². The number of rotatable bonds is 5. The fraction of sp³-hybridized carbons (Fsp3) is 0.227. The van der Waals surface area contributed by atoms with E-state index in [0.29, 0.717) is 11.1 Å². The Morgan fingerprint density at radius 3 is 2.25 bits per heavy atom.